The van der Waals surface area contributed by atoms with Gasteiger partial charge in [0.1, 0.15) is 11.6 Å². The van der Waals surface area contributed by atoms with Crippen LogP contribution in [0.15, 0.2) is 41.6 Å². The van der Waals surface area contributed by atoms with E-state index in [9.17, 15) is 8.42 Å². The van der Waals surface area contributed by atoms with E-state index in [0.29, 0.717) is 18.8 Å². The van der Waals surface area contributed by atoms with Gasteiger partial charge in [0.25, 0.3) is 0 Å². The van der Waals surface area contributed by atoms with E-state index in [2.05, 4.69) is 4.98 Å². The normalized spacial score (nSPS) is 11.5. The van der Waals surface area contributed by atoms with Gasteiger partial charge in [-0.15, -0.1) is 0 Å². The molecule has 0 bridgehead atoms. The zero-order chi connectivity index (χ0) is 13.9. The van der Waals surface area contributed by atoms with Gasteiger partial charge in [-0.05, 0) is 24.3 Å². The van der Waals surface area contributed by atoms with E-state index in [1.54, 1.807) is 18.3 Å². The minimum Gasteiger partial charge on any atom is -0.493 e. The van der Waals surface area contributed by atoms with Crippen molar-refractivity contribution in [3.63, 3.8) is 0 Å². The van der Waals surface area contributed by atoms with Crippen LogP contribution in [-0.4, -0.2) is 24.6 Å². The molecule has 1 aromatic heterocycles. The van der Waals surface area contributed by atoms with Gasteiger partial charge in [0, 0.05) is 25.9 Å². The van der Waals surface area contributed by atoms with Crippen molar-refractivity contribution in [1.82, 2.24) is 9.55 Å². The number of nitrogens with two attached hydrogens (primary N) is 1. The Labute approximate surface area is 111 Å². The van der Waals surface area contributed by atoms with Crippen LogP contribution in [0, 0.1) is 0 Å². The predicted molar refractivity (Wildman–Crippen MR) is 70.2 cm³/mol. The molecule has 0 saturated heterocycles. The Morgan fingerprint density at radius 1 is 1.32 bits per heavy atom. The summed E-state index contributed by atoms with van der Waals surface area (Å²) in [6.07, 6.45) is 4.28. The molecule has 0 aliphatic carbocycles. The number of hydrogen-bond donors (Lipinski definition) is 1. The molecular weight excluding hydrogens is 266 g/mol. The quantitative estimate of drug-likeness (QED) is 0.873. The van der Waals surface area contributed by atoms with Crippen molar-refractivity contribution in [2.24, 2.45) is 12.2 Å². The number of aryl methyl sites for hydroxylation is 1. The van der Waals surface area contributed by atoms with Crippen LogP contribution < -0.4 is 9.88 Å². The summed E-state index contributed by atoms with van der Waals surface area (Å²) in [5.41, 5.74) is 0. The summed E-state index contributed by atoms with van der Waals surface area (Å²) in [6.45, 7) is 0.472. The Bertz CT molecular complexity index is 647. The van der Waals surface area contributed by atoms with E-state index >= 15 is 0 Å². The monoisotopic (exact) mass is 281 g/mol. The molecule has 6 nitrogen and oxygen atoms in total. The molecule has 0 saturated carbocycles. The standard InChI is InChI=1S/C12H15N3O3S/c1-15-8-7-14-12(15)6-9-18-10-2-4-11(5-3-10)19(13,16)17/h2-5,7-8H,6,9H2,1H3,(H2,13,16,17). The Kier molecular flexibility index (Phi) is 3.87. The van der Waals surface area contributed by atoms with Gasteiger partial charge in [0.15, 0.2) is 0 Å². The zero-order valence-electron chi connectivity index (χ0n) is 10.5. The maximum atomic E-state index is 11.1. The number of ether oxygens (including phenoxy) is 1. The van der Waals surface area contributed by atoms with Crippen LogP contribution in [0.1, 0.15) is 5.82 Å². The number of aromatic nitrogens is 2. The molecule has 0 radical (unpaired) electrons. The summed E-state index contributed by atoms with van der Waals surface area (Å²) in [7, 11) is -1.73. The Morgan fingerprint density at radius 2 is 2.00 bits per heavy atom. The molecule has 1 heterocycles. The Morgan fingerprint density at radius 3 is 2.53 bits per heavy atom. The van der Waals surface area contributed by atoms with Crippen LogP contribution in [0.5, 0.6) is 5.75 Å². The van der Waals surface area contributed by atoms with Crippen molar-refractivity contribution in [1.29, 1.82) is 0 Å². The topological polar surface area (TPSA) is 87.2 Å². The molecule has 2 aromatic rings. The number of rotatable bonds is 5. The summed E-state index contributed by atoms with van der Waals surface area (Å²) in [4.78, 5) is 4.25. The minimum absolute atomic E-state index is 0.0731. The van der Waals surface area contributed by atoms with Crippen molar-refractivity contribution < 1.29 is 13.2 Å². The number of sulfonamides is 1. The lowest BCUT2D eigenvalue weighted by molar-refractivity contribution is 0.317. The molecule has 0 aliphatic heterocycles. The third-order valence-electron chi connectivity index (χ3n) is 2.67. The maximum Gasteiger partial charge on any atom is 0.238 e. The van der Waals surface area contributed by atoms with Gasteiger partial charge in [-0.1, -0.05) is 0 Å². The molecule has 0 aliphatic rings. The van der Waals surface area contributed by atoms with E-state index in [1.165, 1.54) is 12.1 Å². The largest absolute Gasteiger partial charge is 0.493 e. The smallest absolute Gasteiger partial charge is 0.238 e. The molecule has 0 fully saturated rings. The van der Waals surface area contributed by atoms with Gasteiger partial charge in [-0.3, -0.25) is 0 Å². The molecule has 0 unspecified atom stereocenters. The fourth-order valence-electron chi connectivity index (χ4n) is 1.62. The van der Waals surface area contributed by atoms with Crippen LogP contribution in [-0.2, 0) is 23.5 Å². The molecular formula is C12H15N3O3S. The van der Waals surface area contributed by atoms with Gasteiger partial charge in [-0.2, -0.15) is 0 Å². The molecule has 2 rings (SSSR count). The van der Waals surface area contributed by atoms with Gasteiger partial charge < -0.3 is 9.30 Å². The first-order valence-corrected chi connectivity index (χ1v) is 7.23. The third-order valence-corrected chi connectivity index (χ3v) is 3.60. The lowest BCUT2D eigenvalue weighted by Crippen LogP contribution is -2.12. The first-order valence-electron chi connectivity index (χ1n) is 5.69. The van der Waals surface area contributed by atoms with Crippen molar-refractivity contribution in [2.45, 2.75) is 11.3 Å². The average molecular weight is 281 g/mol. The number of primary sulfonamides is 1. The lowest BCUT2D eigenvalue weighted by Gasteiger charge is -2.06. The second kappa shape index (κ2) is 5.41. The van der Waals surface area contributed by atoms with Crippen LogP contribution in [0.4, 0.5) is 0 Å². The first kappa shape index (κ1) is 13.6. The van der Waals surface area contributed by atoms with E-state index in [-0.39, 0.29) is 4.90 Å². The van der Waals surface area contributed by atoms with Gasteiger partial charge >= 0.3 is 0 Å². The summed E-state index contributed by atoms with van der Waals surface area (Å²) in [5, 5.41) is 5.01. The highest BCUT2D eigenvalue weighted by molar-refractivity contribution is 7.89. The van der Waals surface area contributed by atoms with E-state index in [1.807, 2.05) is 17.8 Å². The second-order valence-corrected chi connectivity index (χ2v) is 5.63. The van der Waals surface area contributed by atoms with Gasteiger partial charge in [-0.25, -0.2) is 18.5 Å². The molecule has 19 heavy (non-hydrogen) atoms. The molecule has 0 spiro atoms. The van der Waals surface area contributed by atoms with Crippen molar-refractivity contribution in [2.75, 3.05) is 6.61 Å². The highest BCUT2D eigenvalue weighted by Crippen LogP contribution is 2.15. The number of nitrogens with zero attached hydrogens (tertiary/aromatic N) is 2. The highest BCUT2D eigenvalue weighted by atomic mass is 32.2. The van der Waals surface area contributed by atoms with Gasteiger partial charge in [0.2, 0.25) is 10.0 Å². The molecule has 102 valence electrons. The first-order chi connectivity index (χ1) is 8.97. The van der Waals surface area contributed by atoms with Gasteiger partial charge in [0.05, 0.1) is 11.5 Å². The van der Waals surface area contributed by atoms with Crippen LogP contribution >= 0.6 is 0 Å². The Hall–Kier alpha value is -1.86. The fourth-order valence-corrected chi connectivity index (χ4v) is 2.14. The predicted octanol–water partition coefficient (Wildman–Crippen LogP) is 0.689. The van der Waals surface area contributed by atoms with Crippen LogP contribution in [0.25, 0.3) is 0 Å². The van der Waals surface area contributed by atoms with Crippen LogP contribution in [0.2, 0.25) is 0 Å². The summed E-state index contributed by atoms with van der Waals surface area (Å²) in [5.74, 6) is 1.53. The van der Waals surface area contributed by atoms with E-state index < -0.39 is 10.0 Å². The molecule has 0 amide bonds. The molecule has 1 aromatic carbocycles. The second-order valence-electron chi connectivity index (χ2n) is 4.07. The maximum absolute atomic E-state index is 11.1. The lowest BCUT2D eigenvalue weighted by atomic mass is 10.3. The van der Waals surface area contributed by atoms with Crippen LogP contribution in [0.3, 0.4) is 0 Å². The van der Waals surface area contributed by atoms with Crippen molar-refractivity contribution in [3.05, 3.63) is 42.5 Å². The number of benzene rings is 1. The SMILES string of the molecule is Cn1ccnc1CCOc1ccc(S(N)(=O)=O)cc1. The summed E-state index contributed by atoms with van der Waals surface area (Å²) in [6, 6.07) is 6.01. The molecule has 0 atom stereocenters. The minimum atomic E-state index is -3.65. The molecule has 7 heteroatoms. The van der Waals surface area contributed by atoms with Crippen molar-refractivity contribution in [3.8, 4) is 5.75 Å². The zero-order valence-corrected chi connectivity index (χ0v) is 11.3. The highest BCUT2D eigenvalue weighted by Gasteiger charge is 2.07. The summed E-state index contributed by atoms with van der Waals surface area (Å²) >= 11 is 0. The van der Waals surface area contributed by atoms with E-state index in [4.69, 9.17) is 9.88 Å². The van der Waals surface area contributed by atoms with Crippen molar-refractivity contribution >= 4 is 10.0 Å². The Balaban J connectivity index is 1.92. The number of hydrogen-bond acceptors (Lipinski definition) is 4. The summed E-state index contributed by atoms with van der Waals surface area (Å²) < 4.78 is 29.6. The number of imidazole rings is 1. The van der Waals surface area contributed by atoms with E-state index in [0.717, 1.165) is 5.82 Å². The molecule has 2 N–H and O–H groups in total. The average Bonchev–Trinajstić information content (AvgIpc) is 2.75. The fraction of sp³-hybridized carbons (Fsp3) is 0.250. The third kappa shape index (κ3) is 3.55.